The van der Waals surface area contributed by atoms with E-state index in [1.165, 1.54) is 180 Å². The first-order chi connectivity index (χ1) is 35.2. The molecule has 0 rings (SSSR count). The normalized spacial score (nSPS) is 13.3. The van der Waals surface area contributed by atoms with Crippen LogP contribution in [-0.4, -0.2) is 66.5 Å². The molecule has 0 heterocycles. The van der Waals surface area contributed by atoms with E-state index in [2.05, 4.69) is 32.9 Å². The maximum Gasteiger partial charge on any atom is 0.472 e. The zero-order chi connectivity index (χ0) is 52.7. The molecule has 0 saturated carbocycles. The summed E-state index contributed by atoms with van der Waals surface area (Å²) in [6.45, 7) is 4.69. The molecule has 0 saturated heterocycles. The van der Waals surface area contributed by atoms with E-state index < -0.39 is 57.8 Å². The molecule has 11 nitrogen and oxygen atoms in total. The van der Waals surface area contributed by atoms with E-state index in [9.17, 15) is 28.9 Å². The fourth-order valence-electron chi connectivity index (χ4n) is 9.00. The van der Waals surface area contributed by atoms with Crippen LogP contribution in [0.3, 0.4) is 0 Å². The number of ether oxygens (including phenoxy) is 3. The highest BCUT2D eigenvalue weighted by Gasteiger charge is 2.28. The standard InChI is InChI=1S/C60H115O11P/c1-4-7-10-13-16-19-22-24-26-27-28-29-31-33-36-39-42-45-48-51-60(64)71-57(53-67-58(62)49-46-43-40-37-35-32-30-25-23-20-17-14-11-8-5-2)55-69-72(65,66)68-54-56(52-61)70-59(63)50-47-44-41-38-34-21-18-15-12-9-6-3/h25,30,56-57,61H,4-24,26-29,31-55H2,1-3H3,(H,65,66)/b30-25-. The van der Waals surface area contributed by atoms with Gasteiger partial charge in [-0.2, -0.15) is 0 Å². The Labute approximate surface area is 443 Å². The molecule has 0 aliphatic heterocycles. The molecule has 0 radical (unpaired) electrons. The van der Waals surface area contributed by atoms with E-state index in [1.807, 2.05) is 0 Å². The highest BCUT2D eigenvalue weighted by Crippen LogP contribution is 2.43. The van der Waals surface area contributed by atoms with E-state index in [1.54, 1.807) is 0 Å². The minimum absolute atomic E-state index is 0.175. The molecule has 0 aliphatic carbocycles. The average Bonchev–Trinajstić information content (AvgIpc) is 3.37. The summed E-state index contributed by atoms with van der Waals surface area (Å²) in [4.78, 5) is 48.5. The highest BCUT2D eigenvalue weighted by atomic mass is 31.2. The van der Waals surface area contributed by atoms with Gasteiger partial charge in [0.25, 0.3) is 0 Å². The summed E-state index contributed by atoms with van der Waals surface area (Å²) in [6, 6.07) is 0. The topological polar surface area (TPSA) is 155 Å². The summed E-state index contributed by atoms with van der Waals surface area (Å²) >= 11 is 0. The van der Waals surface area contributed by atoms with E-state index in [-0.39, 0.29) is 25.9 Å². The lowest BCUT2D eigenvalue weighted by molar-refractivity contribution is -0.161. The number of carbonyl (C=O) groups is 3. The number of phosphoric ester groups is 1. The summed E-state index contributed by atoms with van der Waals surface area (Å²) in [6.07, 6.45) is 54.5. The van der Waals surface area contributed by atoms with Gasteiger partial charge in [0.15, 0.2) is 6.10 Å². The average molecular weight is 1040 g/mol. The van der Waals surface area contributed by atoms with Crippen molar-refractivity contribution in [2.45, 2.75) is 328 Å². The van der Waals surface area contributed by atoms with Crippen LogP contribution in [0.15, 0.2) is 12.2 Å². The first-order valence-electron chi connectivity index (χ1n) is 30.6. The van der Waals surface area contributed by atoms with Gasteiger partial charge in [0.2, 0.25) is 0 Å². The summed E-state index contributed by atoms with van der Waals surface area (Å²) < 4.78 is 39.6. The number of phosphoric acid groups is 1. The van der Waals surface area contributed by atoms with Gasteiger partial charge in [-0.3, -0.25) is 23.4 Å². The van der Waals surface area contributed by atoms with E-state index in [4.69, 9.17) is 23.3 Å². The van der Waals surface area contributed by atoms with E-state index in [0.29, 0.717) is 19.3 Å². The van der Waals surface area contributed by atoms with Crippen molar-refractivity contribution in [2.75, 3.05) is 26.4 Å². The Bertz CT molecular complexity index is 1260. The second-order valence-electron chi connectivity index (χ2n) is 20.9. The van der Waals surface area contributed by atoms with Crippen LogP contribution >= 0.6 is 7.82 Å². The second kappa shape index (κ2) is 55.5. The highest BCUT2D eigenvalue weighted by molar-refractivity contribution is 7.47. The molecule has 0 bridgehead atoms. The molecule has 426 valence electrons. The van der Waals surface area contributed by atoms with Crippen molar-refractivity contribution in [2.24, 2.45) is 0 Å². The van der Waals surface area contributed by atoms with Gasteiger partial charge in [0, 0.05) is 19.3 Å². The molecule has 0 aromatic heterocycles. The van der Waals surface area contributed by atoms with Crippen molar-refractivity contribution in [3.63, 3.8) is 0 Å². The van der Waals surface area contributed by atoms with Crippen LogP contribution in [0.2, 0.25) is 0 Å². The number of hydrogen-bond donors (Lipinski definition) is 2. The van der Waals surface area contributed by atoms with E-state index >= 15 is 0 Å². The van der Waals surface area contributed by atoms with Gasteiger partial charge in [-0.25, -0.2) is 4.57 Å². The monoisotopic (exact) mass is 1040 g/mol. The molecule has 0 aromatic carbocycles. The number of hydrogen-bond acceptors (Lipinski definition) is 10. The Hall–Kier alpha value is -1.78. The Morgan fingerprint density at radius 2 is 0.639 bits per heavy atom. The lowest BCUT2D eigenvalue weighted by Crippen LogP contribution is -2.30. The fraction of sp³-hybridized carbons (Fsp3) is 0.917. The van der Waals surface area contributed by atoms with Crippen molar-refractivity contribution in [3.8, 4) is 0 Å². The van der Waals surface area contributed by atoms with Gasteiger partial charge < -0.3 is 24.2 Å². The minimum atomic E-state index is -4.74. The van der Waals surface area contributed by atoms with Crippen LogP contribution in [0, 0.1) is 0 Å². The maximum atomic E-state index is 12.9. The third kappa shape index (κ3) is 53.1. The molecule has 0 aromatic rings. The molecular formula is C60H115O11P. The molecule has 12 heteroatoms. The van der Waals surface area contributed by atoms with Gasteiger partial charge in [0.1, 0.15) is 12.7 Å². The number of unbranched alkanes of at least 4 members (excludes halogenated alkanes) is 39. The quantitative estimate of drug-likeness (QED) is 0.0197. The Kier molecular flexibility index (Phi) is 54.1. The van der Waals surface area contributed by atoms with Crippen molar-refractivity contribution in [3.05, 3.63) is 12.2 Å². The zero-order valence-corrected chi connectivity index (χ0v) is 48.1. The van der Waals surface area contributed by atoms with Crippen LogP contribution in [0.5, 0.6) is 0 Å². The van der Waals surface area contributed by atoms with Gasteiger partial charge in [0.05, 0.1) is 19.8 Å². The molecule has 0 aliphatic rings. The molecule has 3 unspecified atom stereocenters. The van der Waals surface area contributed by atoms with Crippen molar-refractivity contribution >= 4 is 25.7 Å². The number of aliphatic hydroxyl groups is 1. The molecular weight excluding hydrogens is 928 g/mol. The van der Waals surface area contributed by atoms with Crippen LogP contribution in [0.4, 0.5) is 0 Å². The van der Waals surface area contributed by atoms with E-state index in [0.717, 1.165) is 77.0 Å². The first kappa shape index (κ1) is 70.2. The zero-order valence-electron chi connectivity index (χ0n) is 47.2. The minimum Gasteiger partial charge on any atom is -0.462 e. The Morgan fingerprint density at radius 3 is 0.958 bits per heavy atom. The van der Waals surface area contributed by atoms with Crippen LogP contribution in [0.25, 0.3) is 0 Å². The number of aliphatic hydroxyl groups excluding tert-OH is 1. The maximum absolute atomic E-state index is 12.9. The lowest BCUT2D eigenvalue weighted by atomic mass is 10.0. The summed E-state index contributed by atoms with van der Waals surface area (Å²) in [5.74, 6) is -1.44. The van der Waals surface area contributed by atoms with Crippen molar-refractivity contribution in [1.29, 1.82) is 0 Å². The molecule has 0 amide bonds. The van der Waals surface area contributed by atoms with Crippen LogP contribution in [0.1, 0.15) is 316 Å². The Morgan fingerprint density at radius 1 is 0.375 bits per heavy atom. The van der Waals surface area contributed by atoms with Crippen LogP contribution < -0.4 is 0 Å². The predicted octanol–water partition coefficient (Wildman–Crippen LogP) is 18.0. The number of rotatable bonds is 58. The second-order valence-corrected chi connectivity index (χ2v) is 22.3. The van der Waals surface area contributed by atoms with Crippen molar-refractivity contribution < 1.29 is 52.2 Å². The fourth-order valence-corrected chi connectivity index (χ4v) is 9.78. The summed E-state index contributed by atoms with van der Waals surface area (Å²) in [7, 11) is -4.74. The third-order valence-corrected chi connectivity index (χ3v) is 14.6. The first-order valence-corrected chi connectivity index (χ1v) is 32.1. The van der Waals surface area contributed by atoms with Gasteiger partial charge in [-0.15, -0.1) is 0 Å². The largest absolute Gasteiger partial charge is 0.472 e. The Balaban J connectivity index is 4.66. The summed E-state index contributed by atoms with van der Waals surface area (Å²) in [5, 5.41) is 9.80. The molecule has 72 heavy (non-hydrogen) atoms. The number of carbonyl (C=O) groups excluding carboxylic acids is 3. The lowest BCUT2D eigenvalue weighted by Gasteiger charge is -2.21. The smallest absolute Gasteiger partial charge is 0.462 e. The van der Waals surface area contributed by atoms with Crippen LogP contribution in [-0.2, 0) is 42.2 Å². The third-order valence-electron chi connectivity index (χ3n) is 13.7. The number of allylic oxidation sites excluding steroid dienone is 2. The molecule has 3 atom stereocenters. The molecule has 2 N–H and O–H groups in total. The predicted molar refractivity (Wildman–Crippen MR) is 298 cm³/mol. The SMILES string of the molecule is CCCCCCCC/C=C\CCCCCCCC(=O)OCC(COP(=O)(O)OCC(CO)OC(=O)CCCCCCCCCCCCC)OC(=O)CCCCCCCCCCCCCCCCCCCCC. The number of esters is 3. The summed E-state index contributed by atoms with van der Waals surface area (Å²) in [5.41, 5.74) is 0. The molecule has 0 fully saturated rings. The van der Waals surface area contributed by atoms with Crippen molar-refractivity contribution in [1.82, 2.24) is 0 Å². The van der Waals surface area contributed by atoms with Gasteiger partial charge >= 0.3 is 25.7 Å². The molecule has 0 spiro atoms. The van der Waals surface area contributed by atoms with Gasteiger partial charge in [-0.05, 0) is 44.9 Å². The van der Waals surface area contributed by atoms with Gasteiger partial charge in [-0.1, -0.05) is 264 Å².